The van der Waals surface area contributed by atoms with E-state index in [4.69, 9.17) is 0 Å². The third kappa shape index (κ3) is 3.26. The van der Waals surface area contributed by atoms with Crippen molar-refractivity contribution >= 4 is 5.91 Å². The predicted octanol–water partition coefficient (Wildman–Crippen LogP) is 3.31. The van der Waals surface area contributed by atoms with Gasteiger partial charge in [-0.3, -0.25) is 14.1 Å². The van der Waals surface area contributed by atoms with Crippen LogP contribution >= 0.6 is 0 Å². The zero-order valence-electron chi connectivity index (χ0n) is 14.7. The van der Waals surface area contributed by atoms with Crippen molar-refractivity contribution in [3.63, 3.8) is 0 Å². The summed E-state index contributed by atoms with van der Waals surface area (Å²) in [5.74, 6) is 2.79. The molecule has 0 aromatic carbocycles. The second kappa shape index (κ2) is 6.78. The molecule has 0 unspecified atom stereocenters. The maximum absolute atomic E-state index is 13.0. The maximum Gasteiger partial charge on any atom is 0.226 e. The molecule has 0 spiro atoms. The first-order valence-electron chi connectivity index (χ1n) is 9.91. The van der Waals surface area contributed by atoms with Crippen LogP contribution in [-0.4, -0.2) is 43.7 Å². The number of rotatable bonds is 6. The number of halogens is 1. The quantitative estimate of drug-likeness (QED) is 0.756. The van der Waals surface area contributed by atoms with Crippen molar-refractivity contribution in [2.75, 3.05) is 32.9 Å². The van der Waals surface area contributed by atoms with Gasteiger partial charge in [0.1, 0.15) is 0 Å². The van der Waals surface area contributed by atoms with E-state index in [9.17, 15) is 9.18 Å². The largest absolute Gasteiger partial charge is 0.352 e. The highest BCUT2D eigenvalue weighted by Crippen LogP contribution is 2.60. The van der Waals surface area contributed by atoms with Crippen molar-refractivity contribution in [1.82, 2.24) is 10.2 Å². The lowest BCUT2D eigenvalue weighted by Gasteiger charge is -2.55. The molecule has 3 nitrogen and oxygen atoms in total. The van der Waals surface area contributed by atoms with Gasteiger partial charge in [0.15, 0.2) is 0 Å². The Labute approximate surface area is 145 Å². The number of hydrogen-bond donors (Lipinski definition) is 1. The summed E-state index contributed by atoms with van der Waals surface area (Å²) in [7, 11) is 0. The predicted molar refractivity (Wildman–Crippen MR) is 93.3 cm³/mol. The Morgan fingerprint density at radius 1 is 1.21 bits per heavy atom. The van der Waals surface area contributed by atoms with Crippen molar-refractivity contribution in [1.29, 1.82) is 0 Å². The Hall–Kier alpha value is -0.900. The lowest BCUT2D eigenvalue weighted by molar-refractivity contribution is -0.146. The molecule has 0 atom stereocenters. The van der Waals surface area contributed by atoms with E-state index in [1.165, 1.54) is 24.8 Å². The average molecular weight is 334 g/mol. The van der Waals surface area contributed by atoms with Gasteiger partial charge in [0.05, 0.1) is 6.67 Å². The summed E-state index contributed by atoms with van der Waals surface area (Å²) in [6.45, 7) is 3.24. The fraction of sp³-hybridized carbons (Fsp3) is 0.850. The molecule has 24 heavy (non-hydrogen) atoms. The first kappa shape index (κ1) is 16.6. The zero-order valence-corrected chi connectivity index (χ0v) is 14.7. The normalized spacial score (nSPS) is 38.2. The minimum atomic E-state index is -0.228. The van der Waals surface area contributed by atoms with Gasteiger partial charge in [0.2, 0.25) is 5.91 Å². The molecule has 0 aromatic rings. The van der Waals surface area contributed by atoms with Crippen LogP contribution in [0.25, 0.3) is 0 Å². The summed E-state index contributed by atoms with van der Waals surface area (Å²) in [4.78, 5) is 15.3. The summed E-state index contributed by atoms with van der Waals surface area (Å²) in [5.41, 5.74) is 1.32. The molecule has 134 valence electrons. The van der Waals surface area contributed by atoms with Crippen LogP contribution < -0.4 is 5.32 Å². The average Bonchev–Trinajstić information content (AvgIpc) is 2.57. The highest BCUT2D eigenvalue weighted by Gasteiger charge is 2.54. The third-order valence-corrected chi connectivity index (χ3v) is 6.99. The van der Waals surface area contributed by atoms with Crippen LogP contribution in [0, 0.1) is 23.2 Å². The van der Waals surface area contributed by atoms with Crippen molar-refractivity contribution in [2.45, 2.75) is 51.4 Å². The number of nitrogens with one attached hydrogen (secondary N) is 1. The van der Waals surface area contributed by atoms with Crippen molar-refractivity contribution in [3.8, 4) is 0 Å². The van der Waals surface area contributed by atoms with Gasteiger partial charge in [0.25, 0.3) is 0 Å². The number of nitrogens with zero attached hydrogens (tertiary/aromatic N) is 1. The molecule has 1 heterocycles. The Morgan fingerprint density at radius 2 is 1.88 bits per heavy atom. The van der Waals surface area contributed by atoms with Gasteiger partial charge in [-0.1, -0.05) is 11.6 Å². The van der Waals surface area contributed by atoms with Crippen LogP contribution in [0.1, 0.15) is 51.4 Å². The summed E-state index contributed by atoms with van der Waals surface area (Å²) in [5, 5.41) is 3.28. The van der Waals surface area contributed by atoms with Crippen molar-refractivity contribution in [2.24, 2.45) is 23.2 Å². The molecule has 5 aliphatic rings. The molecule has 0 radical (unpaired) electrons. The van der Waals surface area contributed by atoms with E-state index in [0.29, 0.717) is 12.3 Å². The SMILES string of the molecule is O=C(NCC1=CCN(CCCF)CC1)C12CC3CC(CC(C3)C1)C2. The molecule has 4 bridgehead atoms. The van der Waals surface area contributed by atoms with E-state index in [2.05, 4.69) is 16.3 Å². The Kier molecular flexibility index (Phi) is 4.68. The van der Waals surface area contributed by atoms with Gasteiger partial charge in [0, 0.05) is 31.6 Å². The summed E-state index contributed by atoms with van der Waals surface area (Å²) < 4.78 is 12.3. The molecule has 4 heteroatoms. The first-order chi connectivity index (χ1) is 11.7. The van der Waals surface area contributed by atoms with Gasteiger partial charge in [-0.2, -0.15) is 0 Å². The van der Waals surface area contributed by atoms with E-state index in [1.807, 2.05) is 0 Å². The van der Waals surface area contributed by atoms with Crippen LogP contribution in [0.15, 0.2) is 11.6 Å². The molecular formula is C20H31FN2O. The van der Waals surface area contributed by atoms with E-state index < -0.39 is 0 Å². The smallest absolute Gasteiger partial charge is 0.226 e. The second-order valence-corrected chi connectivity index (χ2v) is 8.84. The number of hydrogen-bond acceptors (Lipinski definition) is 2. The molecule has 1 amide bonds. The number of amides is 1. The zero-order chi connectivity index (χ0) is 16.6. The van der Waals surface area contributed by atoms with Crippen LogP contribution in [0.2, 0.25) is 0 Å². The van der Waals surface area contributed by atoms with Crippen LogP contribution in [-0.2, 0) is 4.79 Å². The standard InChI is InChI=1S/C20H31FN2O/c21-4-1-5-23-6-2-15(3-7-23)14-22-19(24)20-11-16-8-17(12-20)10-18(9-16)13-20/h2,16-18H,1,3-14H2,(H,22,24). The highest BCUT2D eigenvalue weighted by atomic mass is 19.1. The number of carbonyl (C=O) groups is 1. The van der Waals surface area contributed by atoms with Crippen molar-refractivity contribution < 1.29 is 9.18 Å². The molecule has 5 rings (SSSR count). The van der Waals surface area contributed by atoms with Gasteiger partial charge in [-0.15, -0.1) is 0 Å². The first-order valence-corrected chi connectivity index (χ1v) is 9.91. The second-order valence-electron chi connectivity index (χ2n) is 8.84. The van der Waals surface area contributed by atoms with Crippen LogP contribution in [0.5, 0.6) is 0 Å². The number of alkyl halides is 1. The van der Waals surface area contributed by atoms with E-state index in [-0.39, 0.29) is 12.1 Å². The lowest BCUT2D eigenvalue weighted by atomic mass is 9.49. The Morgan fingerprint density at radius 3 is 2.42 bits per heavy atom. The van der Waals surface area contributed by atoms with E-state index in [0.717, 1.165) is 69.6 Å². The summed E-state index contributed by atoms with van der Waals surface area (Å²) in [6.07, 6.45) is 11.4. The molecule has 0 aromatic heterocycles. The molecule has 4 fully saturated rings. The third-order valence-electron chi connectivity index (χ3n) is 6.99. The minimum Gasteiger partial charge on any atom is -0.352 e. The van der Waals surface area contributed by atoms with E-state index >= 15 is 0 Å². The van der Waals surface area contributed by atoms with Crippen LogP contribution in [0.3, 0.4) is 0 Å². The molecule has 4 saturated carbocycles. The molecule has 1 aliphatic heterocycles. The van der Waals surface area contributed by atoms with Crippen LogP contribution in [0.4, 0.5) is 4.39 Å². The number of carbonyl (C=O) groups excluding carboxylic acids is 1. The fourth-order valence-electron chi connectivity index (χ4n) is 6.17. The van der Waals surface area contributed by atoms with Gasteiger partial charge in [-0.25, -0.2) is 0 Å². The summed E-state index contributed by atoms with van der Waals surface area (Å²) >= 11 is 0. The van der Waals surface area contributed by atoms with Gasteiger partial charge >= 0.3 is 0 Å². The monoisotopic (exact) mass is 334 g/mol. The molecule has 1 N–H and O–H groups in total. The Balaban J connectivity index is 1.29. The van der Waals surface area contributed by atoms with Gasteiger partial charge in [-0.05, 0) is 69.1 Å². The molecule has 0 saturated heterocycles. The molecular weight excluding hydrogens is 303 g/mol. The Bertz CT molecular complexity index is 480. The van der Waals surface area contributed by atoms with E-state index in [1.54, 1.807) is 0 Å². The van der Waals surface area contributed by atoms with Crippen molar-refractivity contribution in [3.05, 3.63) is 11.6 Å². The minimum absolute atomic E-state index is 0.0306. The fourth-order valence-corrected chi connectivity index (χ4v) is 6.17. The topological polar surface area (TPSA) is 32.3 Å². The molecule has 4 aliphatic carbocycles. The highest BCUT2D eigenvalue weighted by molar-refractivity contribution is 5.83. The van der Waals surface area contributed by atoms with Gasteiger partial charge < -0.3 is 5.32 Å². The summed E-state index contributed by atoms with van der Waals surface area (Å²) in [6, 6.07) is 0. The maximum atomic E-state index is 13.0. The lowest BCUT2D eigenvalue weighted by Crippen LogP contribution is -2.53.